The maximum absolute atomic E-state index is 13.0. The third-order valence-electron chi connectivity index (χ3n) is 2.47. The van der Waals surface area contributed by atoms with E-state index in [1.54, 1.807) is 0 Å². The number of halogens is 1. The smallest absolute Gasteiger partial charge is 0.336 e. The predicted molar refractivity (Wildman–Crippen MR) is 55.5 cm³/mol. The Balaban J connectivity index is 3.24. The molecule has 1 aromatic carbocycles. The SMILES string of the molecule is CC(c1cc(F)ccc1C(=O)O)N(C)C. The Morgan fingerprint density at radius 2 is 2.07 bits per heavy atom. The van der Waals surface area contributed by atoms with Gasteiger partial charge in [0.1, 0.15) is 5.82 Å². The van der Waals surface area contributed by atoms with Crippen molar-refractivity contribution in [3.05, 3.63) is 35.1 Å². The first-order valence-corrected chi connectivity index (χ1v) is 4.62. The highest BCUT2D eigenvalue weighted by molar-refractivity contribution is 5.89. The lowest BCUT2D eigenvalue weighted by Gasteiger charge is -2.21. The lowest BCUT2D eigenvalue weighted by Crippen LogP contribution is -2.19. The average Bonchev–Trinajstić information content (AvgIpc) is 2.15. The first kappa shape index (κ1) is 11.7. The van der Waals surface area contributed by atoms with Crippen molar-refractivity contribution in [1.29, 1.82) is 0 Å². The van der Waals surface area contributed by atoms with Gasteiger partial charge in [-0.25, -0.2) is 9.18 Å². The van der Waals surface area contributed by atoms with Crippen molar-refractivity contribution in [3.8, 4) is 0 Å². The molecule has 0 radical (unpaired) electrons. The summed E-state index contributed by atoms with van der Waals surface area (Å²) >= 11 is 0. The molecule has 0 fully saturated rings. The molecule has 4 heteroatoms. The normalized spacial score (nSPS) is 12.9. The fraction of sp³-hybridized carbons (Fsp3) is 0.364. The number of nitrogens with zero attached hydrogens (tertiary/aromatic N) is 1. The number of aromatic carboxylic acids is 1. The standard InChI is InChI=1S/C11H14FNO2/c1-7(13(2)3)10-6-8(12)4-5-9(10)11(14)15/h4-7H,1-3H3,(H,14,15). The van der Waals surface area contributed by atoms with Gasteiger partial charge in [0, 0.05) is 6.04 Å². The molecule has 0 heterocycles. The number of carbonyl (C=O) groups is 1. The van der Waals surface area contributed by atoms with Crippen molar-refractivity contribution in [3.63, 3.8) is 0 Å². The maximum atomic E-state index is 13.0. The van der Waals surface area contributed by atoms with Crippen LogP contribution in [0.1, 0.15) is 28.9 Å². The van der Waals surface area contributed by atoms with E-state index >= 15 is 0 Å². The summed E-state index contributed by atoms with van der Waals surface area (Å²) in [5.41, 5.74) is 0.644. The summed E-state index contributed by atoms with van der Waals surface area (Å²) in [6.07, 6.45) is 0. The molecule has 0 aliphatic carbocycles. The van der Waals surface area contributed by atoms with Gasteiger partial charge in [0.15, 0.2) is 0 Å². The zero-order chi connectivity index (χ0) is 11.6. The van der Waals surface area contributed by atoms with E-state index in [4.69, 9.17) is 5.11 Å². The largest absolute Gasteiger partial charge is 0.478 e. The van der Waals surface area contributed by atoms with Crippen molar-refractivity contribution < 1.29 is 14.3 Å². The molecule has 1 aromatic rings. The fourth-order valence-electron chi connectivity index (χ4n) is 1.35. The van der Waals surface area contributed by atoms with E-state index in [1.165, 1.54) is 12.1 Å². The summed E-state index contributed by atoms with van der Waals surface area (Å²) in [6, 6.07) is 3.60. The van der Waals surface area contributed by atoms with Crippen LogP contribution in [0.2, 0.25) is 0 Å². The lowest BCUT2D eigenvalue weighted by molar-refractivity contribution is 0.0693. The van der Waals surface area contributed by atoms with E-state index in [-0.39, 0.29) is 11.6 Å². The Morgan fingerprint density at radius 1 is 1.47 bits per heavy atom. The van der Waals surface area contributed by atoms with E-state index in [0.29, 0.717) is 5.56 Å². The maximum Gasteiger partial charge on any atom is 0.336 e. The Hall–Kier alpha value is -1.42. The van der Waals surface area contributed by atoms with E-state index in [2.05, 4.69) is 0 Å². The molecule has 0 saturated heterocycles. The highest BCUT2D eigenvalue weighted by Gasteiger charge is 2.17. The monoisotopic (exact) mass is 211 g/mol. The van der Waals surface area contributed by atoms with Crippen molar-refractivity contribution in [2.45, 2.75) is 13.0 Å². The lowest BCUT2D eigenvalue weighted by atomic mass is 10.0. The first-order chi connectivity index (χ1) is 6.93. The summed E-state index contributed by atoms with van der Waals surface area (Å²) in [7, 11) is 3.64. The van der Waals surface area contributed by atoms with Gasteiger partial charge < -0.3 is 10.0 Å². The minimum absolute atomic E-state index is 0.133. The van der Waals surface area contributed by atoms with E-state index < -0.39 is 11.8 Å². The second-order valence-corrected chi connectivity index (χ2v) is 3.68. The van der Waals surface area contributed by atoms with Crippen molar-refractivity contribution in [1.82, 2.24) is 4.90 Å². The number of carboxylic acids is 1. The Labute approximate surface area is 88.1 Å². The quantitative estimate of drug-likeness (QED) is 0.832. The van der Waals surface area contributed by atoms with Crippen LogP contribution in [-0.4, -0.2) is 30.1 Å². The third kappa shape index (κ3) is 2.53. The van der Waals surface area contributed by atoms with E-state index in [0.717, 1.165) is 6.07 Å². The van der Waals surface area contributed by atoms with Gasteiger partial charge in [0.25, 0.3) is 0 Å². The molecule has 0 aliphatic rings. The molecule has 0 aliphatic heterocycles. The van der Waals surface area contributed by atoms with Crippen molar-refractivity contribution in [2.24, 2.45) is 0 Å². The van der Waals surface area contributed by atoms with Crippen LogP contribution in [0.4, 0.5) is 4.39 Å². The van der Waals surface area contributed by atoms with Crippen molar-refractivity contribution in [2.75, 3.05) is 14.1 Å². The number of carboxylic acid groups (broad SMARTS) is 1. The van der Waals surface area contributed by atoms with Gasteiger partial charge in [-0.2, -0.15) is 0 Å². The van der Waals surface area contributed by atoms with Gasteiger partial charge in [-0.3, -0.25) is 0 Å². The molecule has 0 bridgehead atoms. The van der Waals surface area contributed by atoms with Crippen LogP contribution in [0.5, 0.6) is 0 Å². The van der Waals surface area contributed by atoms with Gasteiger partial charge in [0.2, 0.25) is 0 Å². The Kier molecular flexibility index (Phi) is 3.42. The molecule has 0 aromatic heterocycles. The Bertz CT molecular complexity index is 377. The number of hydrogen-bond acceptors (Lipinski definition) is 2. The van der Waals surface area contributed by atoms with Crippen LogP contribution in [0, 0.1) is 5.82 Å². The third-order valence-corrected chi connectivity index (χ3v) is 2.47. The van der Waals surface area contributed by atoms with Gasteiger partial charge >= 0.3 is 5.97 Å². The molecule has 1 rings (SSSR count). The molecule has 15 heavy (non-hydrogen) atoms. The summed E-state index contributed by atoms with van der Waals surface area (Å²) in [4.78, 5) is 12.8. The second-order valence-electron chi connectivity index (χ2n) is 3.68. The summed E-state index contributed by atoms with van der Waals surface area (Å²) in [6.45, 7) is 1.83. The van der Waals surface area contributed by atoms with E-state index in [1.807, 2.05) is 25.9 Å². The molecule has 0 saturated carbocycles. The topological polar surface area (TPSA) is 40.5 Å². The molecule has 0 amide bonds. The fourth-order valence-corrected chi connectivity index (χ4v) is 1.35. The molecular weight excluding hydrogens is 197 g/mol. The number of hydrogen-bond donors (Lipinski definition) is 1. The Morgan fingerprint density at radius 3 is 2.53 bits per heavy atom. The highest BCUT2D eigenvalue weighted by atomic mass is 19.1. The highest BCUT2D eigenvalue weighted by Crippen LogP contribution is 2.22. The summed E-state index contributed by atoms with van der Waals surface area (Å²) in [5, 5.41) is 8.95. The van der Waals surface area contributed by atoms with E-state index in [9.17, 15) is 9.18 Å². The molecule has 3 nitrogen and oxygen atoms in total. The average molecular weight is 211 g/mol. The number of rotatable bonds is 3. The van der Waals surface area contributed by atoms with Crippen LogP contribution < -0.4 is 0 Å². The molecule has 1 atom stereocenters. The van der Waals surface area contributed by atoms with Crippen LogP contribution >= 0.6 is 0 Å². The molecule has 1 N–H and O–H groups in total. The van der Waals surface area contributed by atoms with Crippen LogP contribution in [0.15, 0.2) is 18.2 Å². The predicted octanol–water partition coefficient (Wildman–Crippen LogP) is 2.15. The molecule has 82 valence electrons. The van der Waals surface area contributed by atoms with Gasteiger partial charge in [-0.15, -0.1) is 0 Å². The van der Waals surface area contributed by atoms with Crippen molar-refractivity contribution >= 4 is 5.97 Å². The van der Waals surface area contributed by atoms with Crippen LogP contribution in [-0.2, 0) is 0 Å². The zero-order valence-electron chi connectivity index (χ0n) is 8.99. The second kappa shape index (κ2) is 4.40. The number of benzene rings is 1. The zero-order valence-corrected chi connectivity index (χ0v) is 8.99. The minimum atomic E-state index is -1.03. The van der Waals surface area contributed by atoms with Gasteiger partial charge in [-0.1, -0.05) is 0 Å². The molecule has 1 unspecified atom stereocenters. The molecular formula is C11H14FNO2. The van der Waals surface area contributed by atoms with Crippen LogP contribution in [0.3, 0.4) is 0 Å². The summed E-state index contributed by atoms with van der Waals surface area (Å²) in [5.74, 6) is -1.44. The summed E-state index contributed by atoms with van der Waals surface area (Å²) < 4.78 is 13.0. The minimum Gasteiger partial charge on any atom is -0.478 e. The molecule has 0 spiro atoms. The van der Waals surface area contributed by atoms with Gasteiger partial charge in [0.05, 0.1) is 5.56 Å². The first-order valence-electron chi connectivity index (χ1n) is 4.62. The van der Waals surface area contributed by atoms with Gasteiger partial charge in [-0.05, 0) is 44.8 Å². The van der Waals surface area contributed by atoms with Crippen LogP contribution in [0.25, 0.3) is 0 Å².